The summed E-state index contributed by atoms with van der Waals surface area (Å²) in [4.78, 5) is 6.29. The summed E-state index contributed by atoms with van der Waals surface area (Å²) in [5.74, 6) is -4.34. The second-order valence-electron chi connectivity index (χ2n) is 3.35. The number of azide groups is 1. The van der Waals surface area contributed by atoms with Crippen LogP contribution >= 0.6 is 0 Å². The normalized spacial score (nSPS) is 10.4. The highest BCUT2D eigenvalue weighted by atomic mass is 19.2. The maximum atomic E-state index is 13.4. The Morgan fingerprint density at radius 3 is 2.59 bits per heavy atom. The van der Waals surface area contributed by atoms with Gasteiger partial charge in [-0.05, 0) is 24.6 Å². The van der Waals surface area contributed by atoms with Crippen LogP contribution in [0.25, 0.3) is 21.3 Å². The lowest BCUT2D eigenvalue weighted by atomic mass is 10.1. The quantitative estimate of drug-likeness (QED) is 0.321. The smallest absolute Gasteiger partial charge is 0.196 e. The third kappa shape index (κ3) is 1.76. The summed E-state index contributed by atoms with van der Waals surface area (Å²) in [6, 6.07) is 2.11. The van der Waals surface area contributed by atoms with E-state index in [1.165, 1.54) is 13.0 Å². The Labute approximate surface area is 93.3 Å². The lowest BCUT2D eigenvalue weighted by Gasteiger charge is -2.05. The van der Waals surface area contributed by atoms with E-state index in [2.05, 4.69) is 15.0 Å². The van der Waals surface area contributed by atoms with Crippen LogP contribution in [0, 0.1) is 24.4 Å². The fourth-order valence-corrected chi connectivity index (χ4v) is 1.51. The minimum atomic E-state index is -1.59. The zero-order valence-corrected chi connectivity index (χ0v) is 8.58. The second kappa shape index (κ2) is 3.95. The Bertz CT molecular complexity index is 662. The van der Waals surface area contributed by atoms with E-state index in [0.29, 0.717) is 5.69 Å². The van der Waals surface area contributed by atoms with E-state index in [1.807, 2.05) is 0 Å². The highest BCUT2D eigenvalue weighted by Crippen LogP contribution is 2.30. The summed E-state index contributed by atoms with van der Waals surface area (Å²) in [5, 5.41) is 3.23. The number of rotatable bonds is 1. The second-order valence-corrected chi connectivity index (χ2v) is 3.35. The fraction of sp³-hybridized carbons (Fsp3) is 0.100. The summed E-state index contributed by atoms with van der Waals surface area (Å²) in [6.07, 6.45) is 0. The Morgan fingerprint density at radius 1 is 1.24 bits per heavy atom. The van der Waals surface area contributed by atoms with E-state index in [4.69, 9.17) is 5.53 Å². The fourth-order valence-electron chi connectivity index (χ4n) is 1.51. The van der Waals surface area contributed by atoms with Crippen molar-refractivity contribution in [2.24, 2.45) is 5.11 Å². The summed E-state index contributed by atoms with van der Waals surface area (Å²) in [5.41, 5.74) is 8.33. The van der Waals surface area contributed by atoms with Crippen LogP contribution in [0.2, 0.25) is 0 Å². The van der Waals surface area contributed by atoms with Crippen molar-refractivity contribution in [1.82, 2.24) is 4.98 Å². The number of halogens is 3. The van der Waals surface area contributed by atoms with Crippen LogP contribution in [-0.2, 0) is 0 Å². The number of aryl methyl sites for hydroxylation is 1. The Morgan fingerprint density at radius 2 is 1.94 bits per heavy atom. The largest absolute Gasteiger partial charge is 0.250 e. The van der Waals surface area contributed by atoms with Gasteiger partial charge in [0.2, 0.25) is 0 Å². The van der Waals surface area contributed by atoms with Gasteiger partial charge in [0.25, 0.3) is 0 Å². The van der Waals surface area contributed by atoms with Gasteiger partial charge in [-0.25, -0.2) is 18.2 Å². The Kier molecular flexibility index (Phi) is 2.61. The number of pyridine rings is 1. The van der Waals surface area contributed by atoms with Crippen LogP contribution in [0.3, 0.4) is 0 Å². The highest BCUT2D eigenvalue weighted by Gasteiger charge is 2.16. The van der Waals surface area contributed by atoms with E-state index in [1.54, 1.807) is 0 Å². The van der Waals surface area contributed by atoms with Crippen molar-refractivity contribution in [3.05, 3.63) is 45.7 Å². The molecule has 0 saturated carbocycles. The molecular weight excluding hydrogens is 233 g/mol. The molecule has 0 bridgehead atoms. The number of benzene rings is 1. The molecule has 0 aliphatic rings. The molecule has 0 spiro atoms. The number of aromatic nitrogens is 1. The monoisotopic (exact) mass is 238 g/mol. The minimum Gasteiger partial charge on any atom is -0.250 e. The molecule has 1 aromatic carbocycles. The van der Waals surface area contributed by atoms with Crippen LogP contribution in [0.15, 0.2) is 17.2 Å². The lowest BCUT2D eigenvalue weighted by molar-refractivity contribution is 0.452. The van der Waals surface area contributed by atoms with Gasteiger partial charge >= 0.3 is 0 Å². The van der Waals surface area contributed by atoms with E-state index in [0.717, 1.165) is 6.07 Å². The number of fused-ring (bicyclic) bond motifs is 1. The molecule has 0 amide bonds. The summed E-state index contributed by atoms with van der Waals surface area (Å²) in [7, 11) is 0. The van der Waals surface area contributed by atoms with Crippen molar-refractivity contribution < 1.29 is 13.2 Å². The Balaban J connectivity index is 2.99. The molecule has 0 saturated heterocycles. The first-order chi connectivity index (χ1) is 8.04. The molecule has 2 rings (SSSR count). The molecule has 0 N–H and O–H groups in total. The van der Waals surface area contributed by atoms with Crippen molar-refractivity contribution in [2.45, 2.75) is 6.92 Å². The third-order valence-corrected chi connectivity index (χ3v) is 2.20. The van der Waals surface area contributed by atoms with Crippen molar-refractivity contribution in [3.63, 3.8) is 0 Å². The molecule has 2 aromatic rings. The Hall–Kier alpha value is -2.27. The van der Waals surface area contributed by atoms with Crippen LogP contribution in [0.5, 0.6) is 0 Å². The van der Waals surface area contributed by atoms with Gasteiger partial charge in [0.05, 0.1) is 0 Å². The molecule has 0 atom stereocenters. The molecule has 1 heterocycles. The van der Waals surface area contributed by atoms with Gasteiger partial charge in [-0.1, -0.05) is 5.11 Å². The van der Waals surface area contributed by atoms with Gasteiger partial charge in [-0.2, -0.15) is 0 Å². The van der Waals surface area contributed by atoms with Gasteiger partial charge in [0, 0.05) is 21.7 Å². The van der Waals surface area contributed by atoms with Crippen LogP contribution < -0.4 is 0 Å². The number of nitrogens with zero attached hydrogens (tertiary/aromatic N) is 4. The van der Waals surface area contributed by atoms with Gasteiger partial charge in [-0.15, -0.1) is 0 Å². The standard InChI is InChI=1S/C10H5F3N4/c1-4-2-7(16-17-14)5-3-6(11)8(12)9(13)10(5)15-4/h2-3H,1H3. The van der Waals surface area contributed by atoms with E-state index >= 15 is 0 Å². The summed E-state index contributed by atoms with van der Waals surface area (Å²) in [6.45, 7) is 1.52. The summed E-state index contributed by atoms with van der Waals surface area (Å²) < 4.78 is 39.5. The average molecular weight is 238 g/mol. The first kappa shape index (κ1) is 11.2. The molecule has 0 aliphatic carbocycles. The van der Waals surface area contributed by atoms with E-state index in [-0.39, 0.29) is 16.6 Å². The van der Waals surface area contributed by atoms with Gasteiger partial charge in [0.1, 0.15) is 5.52 Å². The molecule has 17 heavy (non-hydrogen) atoms. The maximum absolute atomic E-state index is 13.4. The molecule has 0 unspecified atom stereocenters. The van der Waals surface area contributed by atoms with E-state index in [9.17, 15) is 13.2 Å². The maximum Gasteiger partial charge on any atom is 0.196 e. The zero-order valence-electron chi connectivity index (χ0n) is 8.58. The van der Waals surface area contributed by atoms with Crippen molar-refractivity contribution in [1.29, 1.82) is 0 Å². The molecule has 0 fully saturated rings. The van der Waals surface area contributed by atoms with Gasteiger partial charge in [-0.3, -0.25) is 0 Å². The predicted molar refractivity (Wildman–Crippen MR) is 55.2 cm³/mol. The van der Waals surface area contributed by atoms with Crippen LogP contribution in [0.4, 0.5) is 18.9 Å². The lowest BCUT2D eigenvalue weighted by Crippen LogP contribution is -1.95. The van der Waals surface area contributed by atoms with Crippen LogP contribution in [-0.4, -0.2) is 4.98 Å². The first-order valence-electron chi connectivity index (χ1n) is 4.54. The molecule has 4 nitrogen and oxygen atoms in total. The molecule has 86 valence electrons. The average Bonchev–Trinajstić information content (AvgIpc) is 2.28. The molecule has 0 aliphatic heterocycles. The predicted octanol–water partition coefficient (Wildman–Crippen LogP) is 3.90. The van der Waals surface area contributed by atoms with Crippen LogP contribution in [0.1, 0.15) is 5.69 Å². The van der Waals surface area contributed by atoms with Crippen molar-refractivity contribution in [3.8, 4) is 0 Å². The van der Waals surface area contributed by atoms with Crippen molar-refractivity contribution >= 4 is 16.6 Å². The number of hydrogen-bond acceptors (Lipinski definition) is 2. The van der Waals surface area contributed by atoms with Crippen molar-refractivity contribution in [2.75, 3.05) is 0 Å². The molecule has 1 aromatic heterocycles. The highest BCUT2D eigenvalue weighted by molar-refractivity contribution is 5.90. The minimum absolute atomic E-state index is 0.00722. The number of hydrogen-bond donors (Lipinski definition) is 0. The third-order valence-electron chi connectivity index (χ3n) is 2.20. The zero-order chi connectivity index (χ0) is 12.6. The molecular formula is C10H5F3N4. The first-order valence-corrected chi connectivity index (χ1v) is 4.54. The summed E-state index contributed by atoms with van der Waals surface area (Å²) >= 11 is 0. The van der Waals surface area contributed by atoms with Gasteiger partial charge < -0.3 is 0 Å². The van der Waals surface area contributed by atoms with E-state index < -0.39 is 17.5 Å². The SMILES string of the molecule is Cc1cc(N=[N+]=[N-])c2cc(F)c(F)c(F)c2n1. The molecule has 0 radical (unpaired) electrons. The topological polar surface area (TPSA) is 61.7 Å². The van der Waals surface area contributed by atoms with Gasteiger partial charge in [0.15, 0.2) is 17.5 Å². The molecule has 7 heteroatoms.